The maximum atomic E-state index is 6.30. The highest BCUT2D eigenvalue weighted by Gasteiger charge is 2.11. The highest BCUT2D eigenvalue weighted by Crippen LogP contribution is 2.30. The highest BCUT2D eigenvalue weighted by molar-refractivity contribution is 5.43. The third-order valence-electron chi connectivity index (χ3n) is 4.44. The second-order valence-corrected chi connectivity index (χ2v) is 6.30. The molecule has 0 radical (unpaired) electrons. The van der Waals surface area contributed by atoms with Gasteiger partial charge in [-0.05, 0) is 53.8 Å². The molecule has 1 atom stereocenters. The highest BCUT2D eigenvalue weighted by atomic mass is 16.5. The van der Waals surface area contributed by atoms with Crippen LogP contribution in [-0.2, 0) is 13.0 Å². The molecule has 0 aliphatic heterocycles. The topological polar surface area (TPSA) is 57.4 Å². The van der Waals surface area contributed by atoms with Crippen molar-refractivity contribution in [1.29, 1.82) is 0 Å². The molecule has 0 fully saturated rings. The number of methoxy groups -OCH3 is 1. The van der Waals surface area contributed by atoms with Crippen LogP contribution < -0.4 is 15.2 Å². The normalized spacial score (nSPS) is 11.8. The fourth-order valence-corrected chi connectivity index (χ4v) is 2.85. The Hall–Kier alpha value is -2.85. The van der Waals surface area contributed by atoms with E-state index in [-0.39, 0.29) is 6.04 Å². The van der Waals surface area contributed by atoms with E-state index in [2.05, 4.69) is 24.0 Å². The first-order valence-corrected chi connectivity index (χ1v) is 8.67. The number of benzene rings is 2. The van der Waals surface area contributed by atoms with Crippen LogP contribution in [0.25, 0.3) is 0 Å². The molecule has 0 saturated heterocycles. The van der Waals surface area contributed by atoms with Gasteiger partial charge in [0.05, 0.1) is 7.11 Å². The lowest BCUT2D eigenvalue weighted by Crippen LogP contribution is -2.13. The predicted molar refractivity (Wildman–Crippen MR) is 103 cm³/mol. The molecule has 4 nitrogen and oxygen atoms in total. The van der Waals surface area contributed by atoms with Crippen LogP contribution in [0, 0.1) is 6.92 Å². The summed E-state index contributed by atoms with van der Waals surface area (Å²) in [6.45, 7) is 2.59. The summed E-state index contributed by atoms with van der Waals surface area (Å²) in [6, 6.07) is 18.0. The summed E-state index contributed by atoms with van der Waals surface area (Å²) < 4.78 is 11.5. The van der Waals surface area contributed by atoms with Crippen LogP contribution in [0.4, 0.5) is 0 Å². The van der Waals surface area contributed by atoms with Crippen LogP contribution in [0.1, 0.15) is 28.3 Å². The van der Waals surface area contributed by atoms with Crippen molar-refractivity contribution in [3.63, 3.8) is 0 Å². The SMILES string of the molecule is COc1cc(CC(N)c2cccnc2)ccc1OCc1ccccc1C. The first kappa shape index (κ1) is 18.0. The van der Waals surface area contributed by atoms with Crippen LogP contribution >= 0.6 is 0 Å². The first-order chi connectivity index (χ1) is 12.7. The van der Waals surface area contributed by atoms with Gasteiger partial charge in [0.25, 0.3) is 0 Å². The maximum absolute atomic E-state index is 6.30. The van der Waals surface area contributed by atoms with Crippen molar-refractivity contribution >= 4 is 0 Å². The number of aryl methyl sites for hydroxylation is 1. The zero-order valence-electron chi connectivity index (χ0n) is 15.2. The lowest BCUT2D eigenvalue weighted by atomic mass is 10.0. The molecule has 0 amide bonds. The molecule has 0 spiro atoms. The fourth-order valence-electron chi connectivity index (χ4n) is 2.85. The van der Waals surface area contributed by atoms with Crippen molar-refractivity contribution in [2.75, 3.05) is 7.11 Å². The van der Waals surface area contributed by atoms with E-state index in [1.807, 2.05) is 48.7 Å². The Morgan fingerprint density at radius 2 is 1.88 bits per heavy atom. The molecule has 3 rings (SSSR count). The molecule has 134 valence electrons. The summed E-state index contributed by atoms with van der Waals surface area (Å²) in [7, 11) is 1.65. The van der Waals surface area contributed by atoms with Gasteiger partial charge in [0.1, 0.15) is 6.61 Å². The molecule has 0 saturated carbocycles. The van der Waals surface area contributed by atoms with Gasteiger partial charge in [-0.15, -0.1) is 0 Å². The smallest absolute Gasteiger partial charge is 0.161 e. The van der Waals surface area contributed by atoms with Crippen LogP contribution in [-0.4, -0.2) is 12.1 Å². The summed E-state index contributed by atoms with van der Waals surface area (Å²) in [5.41, 5.74) is 10.8. The number of hydrogen-bond acceptors (Lipinski definition) is 4. The number of pyridine rings is 1. The van der Waals surface area contributed by atoms with E-state index in [9.17, 15) is 0 Å². The minimum atomic E-state index is -0.104. The standard InChI is InChI=1S/C22H24N2O2/c1-16-6-3-4-7-19(16)15-26-21-10-9-17(13-22(21)25-2)12-20(23)18-8-5-11-24-14-18/h3-11,13-14,20H,12,15,23H2,1-2H3. The zero-order valence-corrected chi connectivity index (χ0v) is 15.2. The van der Waals surface area contributed by atoms with Gasteiger partial charge in [0.15, 0.2) is 11.5 Å². The van der Waals surface area contributed by atoms with Crippen LogP contribution in [0.2, 0.25) is 0 Å². The van der Waals surface area contributed by atoms with Gasteiger partial charge >= 0.3 is 0 Å². The molecule has 1 aromatic heterocycles. The second-order valence-electron chi connectivity index (χ2n) is 6.30. The van der Waals surface area contributed by atoms with Gasteiger partial charge in [-0.1, -0.05) is 36.4 Å². The monoisotopic (exact) mass is 348 g/mol. The lowest BCUT2D eigenvalue weighted by molar-refractivity contribution is 0.283. The van der Waals surface area contributed by atoms with Gasteiger partial charge < -0.3 is 15.2 Å². The van der Waals surface area contributed by atoms with Gasteiger partial charge in [0, 0.05) is 18.4 Å². The number of nitrogens with zero attached hydrogens (tertiary/aromatic N) is 1. The average Bonchev–Trinajstić information content (AvgIpc) is 2.68. The van der Waals surface area contributed by atoms with E-state index < -0.39 is 0 Å². The Morgan fingerprint density at radius 3 is 2.62 bits per heavy atom. The molecule has 3 aromatic rings. The number of ether oxygens (including phenoxy) is 2. The van der Waals surface area contributed by atoms with Gasteiger partial charge in [-0.25, -0.2) is 0 Å². The number of rotatable bonds is 7. The largest absolute Gasteiger partial charge is 0.493 e. The molecule has 1 unspecified atom stereocenters. The second kappa shape index (κ2) is 8.50. The van der Waals surface area contributed by atoms with E-state index in [0.717, 1.165) is 28.2 Å². The molecule has 1 heterocycles. The zero-order chi connectivity index (χ0) is 18.4. The fraction of sp³-hybridized carbons (Fsp3) is 0.227. The molecule has 2 N–H and O–H groups in total. The number of hydrogen-bond donors (Lipinski definition) is 1. The molecular weight excluding hydrogens is 324 g/mol. The quantitative estimate of drug-likeness (QED) is 0.694. The molecule has 0 aliphatic rings. The minimum absolute atomic E-state index is 0.104. The molecule has 2 aromatic carbocycles. The van der Waals surface area contributed by atoms with E-state index in [1.54, 1.807) is 13.3 Å². The Kier molecular flexibility index (Phi) is 5.87. The van der Waals surface area contributed by atoms with E-state index in [0.29, 0.717) is 13.0 Å². The maximum Gasteiger partial charge on any atom is 0.161 e. The molecule has 4 heteroatoms. The summed E-state index contributed by atoms with van der Waals surface area (Å²) in [5.74, 6) is 1.45. The number of nitrogens with two attached hydrogens (primary N) is 1. The van der Waals surface area contributed by atoms with E-state index in [1.165, 1.54) is 5.56 Å². The molecule has 0 aliphatic carbocycles. The summed E-state index contributed by atoms with van der Waals surface area (Å²) in [4.78, 5) is 4.13. The third kappa shape index (κ3) is 4.41. The van der Waals surface area contributed by atoms with Crippen LogP contribution in [0.3, 0.4) is 0 Å². The van der Waals surface area contributed by atoms with Crippen molar-refractivity contribution < 1.29 is 9.47 Å². The number of aromatic nitrogens is 1. The van der Waals surface area contributed by atoms with Crippen LogP contribution in [0.15, 0.2) is 67.0 Å². The minimum Gasteiger partial charge on any atom is -0.493 e. The third-order valence-corrected chi connectivity index (χ3v) is 4.44. The molecular formula is C22H24N2O2. The van der Waals surface area contributed by atoms with Crippen LogP contribution in [0.5, 0.6) is 11.5 Å². The van der Waals surface area contributed by atoms with Crippen molar-refractivity contribution in [3.8, 4) is 11.5 Å². The first-order valence-electron chi connectivity index (χ1n) is 8.67. The summed E-state index contributed by atoms with van der Waals surface area (Å²) in [6.07, 6.45) is 4.27. The van der Waals surface area contributed by atoms with E-state index in [4.69, 9.17) is 15.2 Å². The Labute approximate surface area is 154 Å². The van der Waals surface area contributed by atoms with Crippen molar-refractivity contribution in [2.24, 2.45) is 5.73 Å². The van der Waals surface area contributed by atoms with Crippen molar-refractivity contribution in [2.45, 2.75) is 26.0 Å². The van der Waals surface area contributed by atoms with Crippen molar-refractivity contribution in [1.82, 2.24) is 4.98 Å². The molecule has 0 bridgehead atoms. The van der Waals surface area contributed by atoms with Gasteiger partial charge in [0.2, 0.25) is 0 Å². The Bertz CT molecular complexity index is 850. The lowest BCUT2D eigenvalue weighted by Gasteiger charge is -2.15. The Balaban J connectivity index is 1.70. The van der Waals surface area contributed by atoms with E-state index >= 15 is 0 Å². The summed E-state index contributed by atoms with van der Waals surface area (Å²) >= 11 is 0. The molecule has 26 heavy (non-hydrogen) atoms. The summed E-state index contributed by atoms with van der Waals surface area (Å²) in [5, 5.41) is 0. The van der Waals surface area contributed by atoms with Crippen molar-refractivity contribution in [3.05, 3.63) is 89.2 Å². The van der Waals surface area contributed by atoms with Gasteiger partial charge in [-0.2, -0.15) is 0 Å². The Morgan fingerprint density at radius 1 is 1.04 bits per heavy atom. The average molecular weight is 348 g/mol. The predicted octanol–water partition coefficient (Wildman–Crippen LogP) is 4.22. The van der Waals surface area contributed by atoms with Gasteiger partial charge in [-0.3, -0.25) is 4.98 Å².